The second-order valence-corrected chi connectivity index (χ2v) is 6.39. The van der Waals surface area contributed by atoms with Gasteiger partial charge in [-0.1, -0.05) is 0 Å². The lowest BCUT2D eigenvalue weighted by Gasteiger charge is -2.25. The number of carbonyl (C=O) groups is 2. The monoisotopic (exact) mass is 336 g/mol. The molecule has 7 nitrogen and oxygen atoms in total. The molecule has 0 spiro atoms. The Bertz CT molecular complexity index is 611. The largest absolute Gasteiger partial charge is 0.383 e. The molecule has 1 atom stereocenters. The first kappa shape index (κ1) is 18.4. The minimum atomic E-state index is -0.263. The second-order valence-electron chi connectivity index (χ2n) is 6.39. The van der Waals surface area contributed by atoms with Gasteiger partial charge >= 0.3 is 0 Å². The van der Waals surface area contributed by atoms with Crippen LogP contribution in [-0.2, 0) is 27.4 Å². The van der Waals surface area contributed by atoms with E-state index in [4.69, 9.17) is 4.74 Å². The summed E-state index contributed by atoms with van der Waals surface area (Å²) in [6.07, 6.45) is 0.297. The highest BCUT2D eigenvalue weighted by molar-refractivity contribution is 5.89. The predicted molar refractivity (Wildman–Crippen MR) is 90.4 cm³/mol. The molecule has 0 unspecified atom stereocenters. The Balaban J connectivity index is 2.18. The number of amides is 2. The Morgan fingerprint density at radius 3 is 2.62 bits per heavy atom. The van der Waals surface area contributed by atoms with E-state index in [1.54, 1.807) is 24.0 Å². The van der Waals surface area contributed by atoms with Gasteiger partial charge < -0.3 is 14.5 Å². The molecule has 24 heavy (non-hydrogen) atoms. The summed E-state index contributed by atoms with van der Waals surface area (Å²) in [5, 5.41) is 4.53. The number of carbonyl (C=O) groups excluding carboxylic acids is 2. The molecule has 0 radical (unpaired) electrons. The first-order valence-corrected chi connectivity index (χ1v) is 8.43. The Labute approximate surface area is 143 Å². The van der Waals surface area contributed by atoms with Gasteiger partial charge in [-0.3, -0.25) is 14.3 Å². The topological polar surface area (TPSA) is 67.7 Å². The van der Waals surface area contributed by atoms with E-state index in [0.29, 0.717) is 32.7 Å². The molecule has 2 heterocycles. The highest BCUT2D eigenvalue weighted by atomic mass is 16.5. The van der Waals surface area contributed by atoms with Gasteiger partial charge in [0.05, 0.1) is 18.2 Å². The summed E-state index contributed by atoms with van der Waals surface area (Å²) in [5.74, 6) is -0.208. The van der Waals surface area contributed by atoms with Crippen LogP contribution in [0.15, 0.2) is 0 Å². The first-order valence-electron chi connectivity index (χ1n) is 8.43. The molecular weight excluding hydrogens is 308 g/mol. The minimum absolute atomic E-state index is 0.0211. The quantitative estimate of drug-likeness (QED) is 0.744. The van der Waals surface area contributed by atoms with E-state index >= 15 is 0 Å². The lowest BCUT2D eigenvalue weighted by atomic mass is 10.1. The number of methoxy groups -OCH3 is 1. The molecule has 0 aliphatic carbocycles. The summed E-state index contributed by atoms with van der Waals surface area (Å²) in [6, 6.07) is 0. The highest BCUT2D eigenvalue weighted by Gasteiger charge is 2.35. The van der Waals surface area contributed by atoms with Crippen LogP contribution in [-0.4, -0.2) is 65.2 Å². The smallest absolute Gasteiger partial charge is 0.228 e. The van der Waals surface area contributed by atoms with Crippen molar-refractivity contribution in [1.29, 1.82) is 0 Å². The van der Waals surface area contributed by atoms with Crippen LogP contribution in [0, 0.1) is 19.8 Å². The average Bonchev–Trinajstić information content (AvgIpc) is 3.03. The molecule has 2 rings (SSSR count). The minimum Gasteiger partial charge on any atom is -0.383 e. The highest BCUT2D eigenvalue weighted by Crippen LogP contribution is 2.22. The number of hydrogen-bond acceptors (Lipinski definition) is 4. The molecule has 0 saturated carbocycles. The van der Waals surface area contributed by atoms with Gasteiger partial charge in [0.15, 0.2) is 0 Å². The van der Waals surface area contributed by atoms with Gasteiger partial charge in [0.2, 0.25) is 11.8 Å². The SMILES string of the molecule is CCn1nc(C)c(CN(CCOC)C(=O)[C@@H]2CC(=O)N(C)C2)c1C. The Hall–Kier alpha value is -1.89. The molecule has 0 aromatic carbocycles. The zero-order valence-electron chi connectivity index (χ0n) is 15.3. The maximum absolute atomic E-state index is 12.9. The van der Waals surface area contributed by atoms with E-state index in [2.05, 4.69) is 12.0 Å². The fraction of sp³-hybridized carbons (Fsp3) is 0.706. The number of likely N-dealkylation sites (tertiary alicyclic amines) is 1. The van der Waals surface area contributed by atoms with Crippen LogP contribution in [0.3, 0.4) is 0 Å². The maximum atomic E-state index is 12.9. The van der Waals surface area contributed by atoms with E-state index in [9.17, 15) is 9.59 Å². The van der Waals surface area contributed by atoms with Gasteiger partial charge in [-0.15, -0.1) is 0 Å². The molecule has 0 N–H and O–H groups in total. The number of hydrogen-bond donors (Lipinski definition) is 0. The molecule has 1 aliphatic heterocycles. The van der Waals surface area contributed by atoms with Crippen LogP contribution in [0.4, 0.5) is 0 Å². The van der Waals surface area contributed by atoms with Gasteiger partial charge in [0.25, 0.3) is 0 Å². The van der Waals surface area contributed by atoms with Crippen molar-refractivity contribution in [3.8, 4) is 0 Å². The van der Waals surface area contributed by atoms with Gasteiger partial charge in [0, 0.05) is 58.0 Å². The Kier molecular flexibility index (Phi) is 5.99. The summed E-state index contributed by atoms with van der Waals surface area (Å²) in [4.78, 5) is 28.1. The van der Waals surface area contributed by atoms with Gasteiger partial charge in [-0.25, -0.2) is 0 Å². The molecule has 0 bridgehead atoms. The molecule has 7 heteroatoms. The summed E-state index contributed by atoms with van der Waals surface area (Å²) in [6.45, 7) is 8.85. The third-order valence-electron chi connectivity index (χ3n) is 4.75. The zero-order chi connectivity index (χ0) is 17.9. The number of ether oxygens (including phenoxy) is 1. The zero-order valence-corrected chi connectivity index (χ0v) is 15.3. The van der Waals surface area contributed by atoms with Gasteiger partial charge in [-0.2, -0.15) is 5.10 Å². The summed E-state index contributed by atoms with van der Waals surface area (Å²) in [5.41, 5.74) is 3.12. The number of rotatable bonds is 7. The lowest BCUT2D eigenvalue weighted by molar-refractivity contribution is -0.137. The van der Waals surface area contributed by atoms with E-state index in [1.165, 1.54) is 0 Å². The third-order valence-corrected chi connectivity index (χ3v) is 4.75. The lowest BCUT2D eigenvalue weighted by Crippen LogP contribution is -2.39. The van der Waals surface area contributed by atoms with E-state index in [-0.39, 0.29) is 17.7 Å². The number of nitrogens with zero attached hydrogens (tertiary/aromatic N) is 4. The maximum Gasteiger partial charge on any atom is 0.228 e. The Morgan fingerprint density at radius 2 is 2.12 bits per heavy atom. The predicted octanol–water partition coefficient (Wildman–Crippen LogP) is 0.973. The molecule has 1 saturated heterocycles. The molecule has 2 amide bonds. The molecule has 1 aromatic rings. The van der Waals surface area contributed by atoms with Crippen molar-refractivity contribution in [2.24, 2.45) is 5.92 Å². The first-order chi connectivity index (χ1) is 11.4. The van der Waals surface area contributed by atoms with Gasteiger partial charge in [0.1, 0.15) is 0 Å². The van der Waals surface area contributed by atoms with Crippen molar-refractivity contribution in [2.75, 3.05) is 33.9 Å². The van der Waals surface area contributed by atoms with Crippen molar-refractivity contribution in [3.63, 3.8) is 0 Å². The van der Waals surface area contributed by atoms with Crippen LogP contribution in [0.2, 0.25) is 0 Å². The van der Waals surface area contributed by atoms with Gasteiger partial charge in [-0.05, 0) is 20.8 Å². The van der Waals surface area contributed by atoms with Crippen LogP contribution in [0.1, 0.15) is 30.3 Å². The standard InChI is InChI=1S/C17H28N4O3/c1-6-21-13(3)15(12(2)18-21)11-20(7-8-24-5)17(23)14-9-16(22)19(4)10-14/h14H,6-11H2,1-5H3/t14-/m1/s1. The summed E-state index contributed by atoms with van der Waals surface area (Å²) >= 11 is 0. The van der Waals surface area contributed by atoms with Crippen molar-refractivity contribution < 1.29 is 14.3 Å². The van der Waals surface area contributed by atoms with E-state index in [1.807, 2.05) is 18.5 Å². The van der Waals surface area contributed by atoms with Crippen molar-refractivity contribution >= 4 is 11.8 Å². The molecule has 1 fully saturated rings. The summed E-state index contributed by atoms with van der Waals surface area (Å²) in [7, 11) is 3.37. The fourth-order valence-electron chi connectivity index (χ4n) is 3.22. The van der Waals surface area contributed by atoms with Crippen LogP contribution in [0.5, 0.6) is 0 Å². The Morgan fingerprint density at radius 1 is 1.42 bits per heavy atom. The van der Waals surface area contributed by atoms with E-state index in [0.717, 1.165) is 23.5 Å². The molecular formula is C17H28N4O3. The van der Waals surface area contributed by atoms with Crippen molar-refractivity contribution in [3.05, 3.63) is 17.0 Å². The molecule has 1 aromatic heterocycles. The fourth-order valence-corrected chi connectivity index (χ4v) is 3.22. The number of aromatic nitrogens is 2. The van der Waals surface area contributed by atoms with Crippen LogP contribution < -0.4 is 0 Å². The normalized spacial score (nSPS) is 17.6. The second kappa shape index (κ2) is 7.79. The van der Waals surface area contributed by atoms with Crippen molar-refractivity contribution in [2.45, 2.75) is 40.3 Å². The molecule has 134 valence electrons. The number of aryl methyl sites for hydroxylation is 2. The summed E-state index contributed by atoms with van der Waals surface area (Å²) < 4.78 is 7.11. The van der Waals surface area contributed by atoms with Crippen LogP contribution in [0.25, 0.3) is 0 Å². The average molecular weight is 336 g/mol. The third kappa shape index (κ3) is 3.77. The molecule has 1 aliphatic rings. The van der Waals surface area contributed by atoms with E-state index < -0.39 is 0 Å². The van der Waals surface area contributed by atoms with Crippen molar-refractivity contribution in [1.82, 2.24) is 19.6 Å². The van der Waals surface area contributed by atoms with Crippen LogP contribution >= 0.6 is 0 Å².